The van der Waals surface area contributed by atoms with Crippen LogP contribution in [0.15, 0.2) is 48.5 Å². The van der Waals surface area contributed by atoms with Crippen LogP contribution in [-0.4, -0.2) is 37.4 Å². The van der Waals surface area contributed by atoms with Crippen LogP contribution < -0.4 is 20.7 Å². The highest BCUT2D eigenvalue weighted by Crippen LogP contribution is 2.19. The number of hydrogen-bond acceptors (Lipinski definition) is 4. The molecule has 0 bridgehead atoms. The Morgan fingerprint density at radius 2 is 1.70 bits per heavy atom. The van der Waals surface area contributed by atoms with Crippen molar-refractivity contribution in [2.75, 3.05) is 19.0 Å². The molecule has 0 atom stereocenters. The summed E-state index contributed by atoms with van der Waals surface area (Å²) in [6, 6.07) is 13.5. The first-order valence-electron chi connectivity index (χ1n) is 8.69. The maximum Gasteiger partial charge on any atom is 0.255 e. The van der Waals surface area contributed by atoms with Crippen molar-refractivity contribution in [2.24, 2.45) is 0 Å². The molecule has 7 nitrogen and oxygen atoms in total. The Morgan fingerprint density at radius 3 is 2.37 bits per heavy atom. The number of benzene rings is 2. The minimum Gasteiger partial charge on any atom is -0.497 e. The molecule has 1 saturated carbocycles. The minimum absolute atomic E-state index is 0.101. The van der Waals surface area contributed by atoms with Crippen molar-refractivity contribution in [3.05, 3.63) is 59.7 Å². The molecule has 1 fully saturated rings. The maximum atomic E-state index is 12.4. The molecule has 0 saturated heterocycles. The molecule has 3 amide bonds. The summed E-state index contributed by atoms with van der Waals surface area (Å²) in [6.07, 6.45) is 1.97. The molecule has 2 aromatic rings. The molecular formula is C20H21N3O4. The monoisotopic (exact) mass is 367 g/mol. The van der Waals surface area contributed by atoms with E-state index in [1.807, 2.05) is 0 Å². The highest BCUT2D eigenvalue weighted by atomic mass is 16.5. The van der Waals surface area contributed by atoms with E-state index in [9.17, 15) is 14.4 Å². The Labute approximate surface area is 157 Å². The second kappa shape index (κ2) is 8.35. The maximum absolute atomic E-state index is 12.4. The average molecular weight is 367 g/mol. The van der Waals surface area contributed by atoms with Crippen LogP contribution in [0.5, 0.6) is 5.75 Å². The van der Waals surface area contributed by atoms with Crippen molar-refractivity contribution in [3.63, 3.8) is 0 Å². The van der Waals surface area contributed by atoms with Crippen LogP contribution in [0.2, 0.25) is 0 Å². The molecule has 0 aliphatic heterocycles. The summed E-state index contributed by atoms with van der Waals surface area (Å²) in [4.78, 5) is 36.6. The smallest absolute Gasteiger partial charge is 0.255 e. The lowest BCUT2D eigenvalue weighted by Gasteiger charge is -2.12. The average Bonchev–Trinajstić information content (AvgIpc) is 3.50. The molecule has 0 spiro atoms. The SMILES string of the molecule is COc1ccc(C(=O)Nc2ccccc2C(=O)NCC(=O)NC2CC2)cc1. The van der Waals surface area contributed by atoms with Crippen molar-refractivity contribution >= 4 is 23.4 Å². The lowest BCUT2D eigenvalue weighted by atomic mass is 10.1. The fourth-order valence-electron chi connectivity index (χ4n) is 2.49. The van der Waals surface area contributed by atoms with Crippen LogP contribution in [0.1, 0.15) is 33.6 Å². The molecule has 0 radical (unpaired) electrons. The number of rotatable bonds is 7. The van der Waals surface area contributed by atoms with Gasteiger partial charge < -0.3 is 20.7 Å². The fraction of sp³-hybridized carbons (Fsp3) is 0.250. The minimum atomic E-state index is -0.424. The number of anilines is 1. The summed E-state index contributed by atoms with van der Waals surface area (Å²) < 4.78 is 5.07. The third kappa shape index (κ3) is 5.07. The first kappa shape index (κ1) is 18.4. The Kier molecular flexibility index (Phi) is 5.71. The molecular weight excluding hydrogens is 346 g/mol. The molecule has 27 heavy (non-hydrogen) atoms. The normalized spacial score (nSPS) is 12.8. The van der Waals surface area contributed by atoms with Crippen LogP contribution in [0.4, 0.5) is 5.69 Å². The first-order valence-corrected chi connectivity index (χ1v) is 8.69. The summed E-state index contributed by atoms with van der Waals surface area (Å²) in [5, 5.41) is 8.12. The van der Waals surface area contributed by atoms with Crippen molar-refractivity contribution in [1.82, 2.24) is 10.6 Å². The number of methoxy groups -OCH3 is 1. The predicted octanol–water partition coefficient (Wildman–Crippen LogP) is 1.96. The van der Waals surface area contributed by atoms with E-state index in [4.69, 9.17) is 4.74 Å². The molecule has 7 heteroatoms. The summed E-state index contributed by atoms with van der Waals surface area (Å²) in [5.74, 6) is -0.336. The molecule has 1 aliphatic carbocycles. The van der Waals surface area contributed by atoms with Gasteiger partial charge in [-0.3, -0.25) is 14.4 Å². The molecule has 0 aromatic heterocycles. The van der Waals surface area contributed by atoms with Crippen LogP contribution in [0.25, 0.3) is 0 Å². The summed E-state index contributed by atoms with van der Waals surface area (Å²) in [6.45, 7) is -0.101. The van der Waals surface area contributed by atoms with E-state index in [-0.39, 0.29) is 24.4 Å². The topological polar surface area (TPSA) is 96.5 Å². The Hall–Kier alpha value is -3.35. The van der Waals surface area contributed by atoms with E-state index in [1.165, 1.54) is 0 Å². The molecule has 0 heterocycles. The van der Waals surface area contributed by atoms with Gasteiger partial charge in [-0.1, -0.05) is 12.1 Å². The first-order chi connectivity index (χ1) is 13.1. The van der Waals surface area contributed by atoms with E-state index in [0.717, 1.165) is 12.8 Å². The zero-order valence-corrected chi connectivity index (χ0v) is 15.0. The van der Waals surface area contributed by atoms with Gasteiger partial charge in [0, 0.05) is 11.6 Å². The van der Waals surface area contributed by atoms with Crippen molar-refractivity contribution in [1.29, 1.82) is 0 Å². The number of carbonyl (C=O) groups is 3. The summed E-state index contributed by atoms with van der Waals surface area (Å²) >= 11 is 0. The summed E-state index contributed by atoms with van der Waals surface area (Å²) in [5.41, 5.74) is 1.10. The van der Waals surface area contributed by atoms with E-state index >= 15 is 0 Å². The van der Waals surface area contributed by atoms with Crippen LogP contribution >= 0.6 is 0 Å². The third-order valence-electron chi connectivity index (χ3n) is 4.12. The van der Waals surface area contributed by atoms with Gasteiger partial charge in [-0.2, -0.15) is 0 Å². The third-order valence-corrected chi connectivity index (χ3v) is 4.12. The van der Waals surface area contributed by atoms with Gasteiger partial charge in [0.25, 0.3) is 11.8 Å². The molecule has 140 valence electrons. The van der Waals surface area contributed by atoms with Gasteiger partial charge >= 0.3 is 0 Å². The van der Waals surface area contributed by atoms with Gasteiger partial charge in [-0.05, 0) is 49.2 Å². The summed E-state index contributed by atoms with van der Waals surface area (Å²) in [7, 11) is 1.55. The second-order valence-electron chi connectivity index (χ2n) is 6.25. The van der Waals surface area contributed by atoms with E-state index in [2.05, 4.69) is 16.0 Å². The molecule has 0 unspecified atom stereocenters. The fourth-order valence-corrected chi connectivity index (χ4v) is 2.49. The van der Waals surface area contributed by atoms with Gasteiger partial charge in [-0.15, -0.1) is 0 Å². The number of ether oxygens (including phenoxy) is 1. The molecule has 2 aromatic carbocycles. The second-order valence-corrected chi connectivity index (χ2v) is 6.25. The zero-order valence-electron chi connectivity index (χ0n) is 15.0. The number of para-hydroxylation sites is 1. The number of carbonyl (C=O) groups excluding carboxylic acids is 3. The largest absolute Gasteiger partial charge is 0.497 e. The number of amides is 3. The van der Waals surface area contributed by atoms with E-state index in [1.54, 1.807) is 55.6 Å². The molecule has 1 aliphatic rings. The van der Waals surface area contributed by atoms with Crippen LogP contribution in [0.3, 0.4) is 0 Å². The lowest BCUT2D eigenvalue weighted by molar-refractivity contribution is -0.120. The predicted molar refractivity (Wildman–Crippen MR) is 101 cm³/mol. The van der Waals surface area contributed by atoms with Gasteiger partial charge in [0.15, 0.2) is 0 Å². The van der Waals surface area contributed by atoms with E-state index < -0.39 is 5.91 Å². The molecule has 3 N–H and O–H groups in total. The van der Waals surface area contributed by atoms with Crippen molar-refractivity contribution < 1.29 is 19.1 Å². The standard InChI is InChI=1S/C20H21N3O4/c1-27-15-10-6-13(7-11-15)19(25)23-17-5-3-2-4-16(17)20(26)21-12-18(24)22-14-8-9-14/h2-7,10-11,14H,8-9,12H2,1H3,(H,21,26)(H,22,24)(H,23,25). The van der Waals surface area contributed by atoms with Gasteiger partial charge in [-0.25, -0.2) is 0 Å². The van der Waals surface area contributed by atoms with Gasteiger partial charge in [0.05, 0.1) is 24.9 Å². The Bertz CT molecular complexity index is 845. The van der Waals surface area contributed by atoms with Crippen molar-refractivity contribution in [2.45, 2.75) is 18.9 Å². The van der Waals surface area contributed by atoms with Crippen molar-refractivity contribution in [3.8, 4) is 5.75 Å². The Balaban J connectivity index is 1.64. The highest BCUT2D eigenvalue weighted by molar-refractivity contribution is 6.09. The van der Waals surface area contributed by atoms with Crippen LogP contribution in [0, 0.1) is 0 Å². The number of nitrogens with one attached hydrogen (secondary N) is 3. The van der Waals surface area contributed by atoms with E-state index in [0.29, 0.717) is 22.6 Å². The quantitative estimate of drug-likeness (QED) is 0.697. The highest BCUT2D eigenvalue weighted by Gasteiger charge is 2.23. The van der Waals surface area contributed by atoms with Gasteiger partial charge in [0.2, 0.25) is 5.91 Å². The van der Waals surface area contributed by atoms with Crippen LogP contribution in [-0.2, 0) is 4.79 Å². The Morgan fingerprint density at radius 1 is 1.00 bits per heavy atom. The van der Waals surface area contributed by atoms with Gasteiger partial charge in [0.1, 0.15) is 5.75 Å². The zero-order chi connectivity index (χ0) is 19.2. The number of hydrogen-bond donors (Lipinski definition) is 3. The lowest BCUT2D eigenvalue weighted by Crippen LogP contribution is -2.38. The molecule has 3 rings (SSSR count).